The third-order valence-corrected chi connectivity index (χ3v) is 5.63. The van der Waals surface area contributed by atoms with E-state index in [0.717, 1.165) is 32.1 Å². The van der Waals surface area contributed by atoms with E-state index in [0.29, 0.717) is 36.5 Å². The number of piperidine rings is 1. The van der Waals surface area contributed by atoms with E-state index >= 15 is 0 Å². The fourth-order valence-electron chi connectivity index (χ4n) is 3.83. The standard InChI is InChI=1S/C24H28FNO5/c1-16(27)18-4-7-22(23(14-18)30-2)31-13-3-10-26-11-8-17(9-12-26)24(29)20-6-5-19(25)15-21(20)28/h4-7,14-15,17,28H,3,8-13H2,1-2H3. The molecule has 1 aliphatic heterocycles. The molecule has 0 bridgehead atoms. The molecule has 1 fully saturated rings. The first-order chi connectivity index (χ1) is 14.9. The minimum absolute atomic E-state index is 0.0265. The molecule has 0 atom stereocenters. The van der Waals surface area contributed by atoms with Gasteiger partial charge in [0.05, 0.1) is 19.3 Å². The van der Waals surface area contributed by atoms with Crippen molar-refractivity contribution in [2.45, 2.75) is 26.2 Å². The number of hydrogen-bond acceptors (Lipinski definition) is 6. The summed E-state index contributed by atoms with van der Waals surface area (Å²) in [7, 11) is 1.54. The highest BCUT2D eigenvalue weighted by molar-refractivity contribution is 6.00. The van der Waals surface area contributed by atoms with Crippen molar-refractivity contribution < 1.29 is 28.6 Å². The fraction of sp³-hybridized carbons (Fsp3) is 0.417. The van der Waals surface area contributed by atoms with Crippen LogP contribution in [-0.4, -0.2) is 54.9 Å². The molecular weight excluding hydrogens is 401 g/mol. The smallest absolute Gasteiger partial charge is 0.169 e. The van der Waals surface area contributed by atoms with Crippen molar-refractivity contribution in [1.29, 1.82) is 0 Å². The summed E-state index contributed by atoms with van der Waals surface area (Å²) in [5.41, 5.74) is 0.772. The van der Waals surface area contributed by atoms with E-state index in [9.17, 15) is 19.1 Å². The number of rotatable bonds is 9. The van der Waals surface area contributed by atoms with Gasteiger partial charge in [-0.25, -0.2) is 4.39 Å². The van der Waals surface area contributed by atoms with Gasteiger partial charge in [-0.3, -0.25) is 9.59 Å². The Balaban J connectivity index is 1.43. The van der Waals surface area contributed by atoms with Crippen LogP contribution < -0.4 is 9.47 Å². The number of carbonyl (C=O) groups is 2. The molecule has 0 amide bonds. The van der Waals surface area contributed by atoms with Crippen molar-refractivity contribution in [2.75, 3.05) is 33.4 Å². The number of phenolic OH excluding ortho intramolecular Hbond substituents is 1. The molecule has 166 valence electrons. The van der Waals surface area contributed by atoms with Gasteiger partial charge in [-0.1, -0.05) is 0 Å². The summed E-state index contributed by atoms with van der Waals surface area (Å²) >= 11 is 0. The molecule has 0 unspecified atom stereocenters. The molecule has 0 saturated carbocycles. The third-order valence-electron chi connectivity index (χ3n) is 5.63. The first-order valence-electron chi connectivity index (χ1n) is 10.5. The number of ether oxygens (including phenoxy) is 2. The van der Waals surface area contributed by atoms with Crippen molar-refractivity contribution in [2.24, 2.45) is 5.92 Å². The molecule has 1 aliphatic rings. The molecule has 0 aromatic heterocycles. The van der Waals surface area contributed by atoms with Crippen LogP contribution in [0.1, 0.15) is 46.9 Å². The Morgan fingerprint density at radius 1 is 1.13 bits per heavy atom. The molecule has 2 aromatic rings. The Hall–Kier alpha value is -2.93. The first kappa shape index (κ1) is 22.7. The SMILES string of the molecule is COc1cc(C(C)=O)ccc1OCCCN1CCC(C(=O)c2ccc(F)cc2O)CC1. The zero-order chi connectivity index (χ0) is 22.4. The highest BCUT2D eigenvalue weighted by Gasteiger charge is 2.27. The minimum atomic E-state index is -0.557. The first-order valence-corrected chi connectivity index (χ1v) is 10.5. The molecule has 0 aliphatic carbocycles. The summed E-state index contributed by atoms with van der Waals surface area (Å²) in [6, 6.07) is 8.68. The van der Waals surface area contributed by atoms with Crippen LogP contribution in [0.4, 0.5) is 4.39 Å². The molecule has 31 heavy (non-hydrogen) atoms. The van der Waals surface area contributed by atoms with Crippen LogP contribution in [0.15, 0.2) is 36.4 Å². The van der Waals surface area contributed by atoms with Crippen molar-refractivity contribution in [3.8, 4) is 17.2 Å². The van der Waals surface area contributed by atoms with E-state index in [1.54, 1.807) is 25.3 Å². The third kappa shape index (κ3) is 5.82. The second kappa shape index (κ2) is 10.4. The average molecular weight is 429 g/mol. The van der Waals surface area contributed by atoms with Crippen LogP contribution in [0.5, 0.6) is 17.2 Å². The highest BCUT2D eigenvalue weighted by Crippen LogP contribution is 2.29. The fourth-order valence-corrected chi connectivity index (χ4v) is 3.83. The van der Waals surface area contributed by atoms with E-state index in [2.05, 4.69) is 4.90 Å². The van der Waals surface area contributed by atoms with E-state index in [1.807, 2.05) is 0 Å². The molecule has 3 rings (SSSR count). The summed E-state index contributed by atoms with van der Waals surface area (Å²) in [5, 5.41) is 9.85. The van der Waals surface area contributed by atoms with Crippen LogP contribution in [0, 0.1) is 11.7 Å². The minimum Gasteiger partial charge on any atom is -0.507 e. The van der Waals surface area contributed by atoms with Crippen LogP contribution in [0.25, 0.3) is 0 Å². The van der Waals surface area contributed by atoms with Gasteiger partial charge in [0.2, 0.25) is 0 Å². The number of methoxy groups -OCH3 is 1. The Labute approximate surface area is 181 Å². The van der Waals surface area contributed by atoms with Crippen LogP contribution >= 0.6 is 0 Å². The Morgan fingerprint density at radius 2 is 1.87 bits per heavy atom. The molecule has 1 heterocycles. The van der Waals surface area contributed by atoms with Gasteiger partial charge in [0, 0.05) is 24.1 Å². The Morgan fingerprint density at radius 3 is 2.52 bits per heavy atom. The zero-order valence-corrected chi connectivity index (χ0v) is 17.9. The average Bonchev–Trinajstić information content (AvgIpc) is 2.76. The van der Waals surface area contributed by atoms with Crippen molar-refractivity contribution in [3.05, 3.63) is 53.3 Å². The molecular formula is C24H28FNO5. The quantitative estimate of drug-likeness (QED) is 0.478. The largest absolute Gasteiger partial charge is 0.507 e. The van der Waals surface area contributed by atoms with Gasteiger partial charge in [0.25, 0.3) is 0 Å². The lowest BCUT2D eigenvalue weighted by Crippen LogP contribution is -2.37. The second-order valence-corrected chi connectivity index (χ2v) is 7.77. The summed E-state index contributed by atoms with van der Waals surface area (Å²) in [6.07, 6.45) is 2.22. The van der Waals surface area contributed by atoms with Crippen molar-refractivity contribution >= 4 is 11.6 Å². The molecule has 2 aromatic carbocycles. The maximum absolute atomic E-state index is 13.1. The van der Waals surface area contributed by atoms with Crippen molar-refractivity contribution in [3.63, 3.8) is 0 Å². The summed E-state index contributed by atoms with van der Waals surface area (Å²) in [5.74, 6) is -0.0160. The molecule has 1 saturated heterocycles. The number of benzene rings is 2. The summed E-state index contributed by atoms with van der Waals surface area (Å²) < 4.78 is 24.3. The number of nitrogens with zero attached hydrogens (tertiary/aromatic N) is 1. The van der Waals surface area contributed by atoms with E-state index in [-0.39, 0.29) is 28.8 Å². The maximum atomic E-state index is 13.1. The van der Waals surface area contributed by atoms with Gasteiger partial charge in [-0.05, 0) is 69.6 Å². The highest BCUT2D eigenvalue weighted by atomic mass is 19.1. The van der Waals surface area contributed by atoms with E-state index in [4.69, 9.17) is 9.47 Å². The van der Waals surface area contributed by atoms with Crippen LogP contribution in [-0.2, 0) is 0 Å². The number of halogens is 1. The number of carbonyl (C=O) groups excluding carboxylic acids is 2. The molecule has 1 N–H and O–H groups in total. The number of hydrogen-bond donors (Lipinski definition) is 1. The monoisotopic (exact) mass is 429 g/mol. The number of Topliss-reactive ketones (excluding diaryl/α,β-unsaturated/α-hetero) is 2. The second-order valence-electron chi connectivity index (χ2n) is 7.77. The van der Waals surface area contributed by atoms with Gasteiger partial charge in [0.15, 0.2) is 23.1 Å². The topological polar surface area (TPSA) is 76.1 Å². The lowest BCUT2D eigenvalue weighted by Gasteiger charge is -2.31. The lowest BCUT2D eigenvalue weighted by molar-refractivity contribution is 0.0832. The summed E-state index contributed by atoms with van der Waals surface area (Å²) in [6.45, 7) is 4.44. The molecule has 0 radical (unpaired) electrons. The molecule has 7 heteroatoms. The number of aromatic hydroxyl groups is 1. The Bertz CT molecular complexity index is 938. The number of likely N-dealkylation sites (tertiary alicyclic amines) is 1. The number of ketones is 2. The van der Waals surface area contributed by atoms with E-state index < -0.39 is 5.82 Å². The van der Waals surface area contributed by atoms with E-state index in [1.165, 1.54) is 19.1 Å². The Kier molecular flexibility index (Phi) is 7.63. The van der Waals surface area contributed by atoms with Gasteiger partial charge >= 0.3 is 0 Å². The number of phenols is 1. The van der Waals surface area contributed by atoms with Gasteiger partial charge < -0.3 is 19.5 Å². The lowest BCUT2D eigenvalue weighted by atomic mass is 9.88. The molecule has 6 nitrogen and oxygen atoms in total. The zero-order valence-electron chi connectivity index (χ0n) is 17.9. The molecule has 0 spiro atoms. The van der Waals surface area contributed by atoms with Crippen LogP contribution in [0.3, 0.4) is 0 Å². The maximum Gasteiger partial charge on any atom is 0.169 e. The predicted octanol–water partition coefficient (Wildman–Crippen LogP) is 4.11. The van der Waals surface area contributed by atoms with Crippen LogP contribution in [0.2, 0.25) is 0 Å². The van der Waals surface area contributed by atoms with Gasteiger partial charge in [-0.15, -0.1) is 0 Å². The van der Waals surface area contributed by atoms with Gasteiger partial charge in [-0.2, -0.15) is 0 Å². The van der Waals surface area contributed by atoms with Crippen molar-refractivity contribution in [1.82, 2.24) is 4.90 Å². The summed E-state index contributed by atoms with van der Waals surface area (Å²) in [4.78, 5) is 26.4. The predicted molar refractivity (Wildman–Crippen MR) is 115 cm³/mol. The normalized spacial score (nSPS) is 14.9. The van der Waals surface area contributed by atoms with Gasteiger partial charge in [0.1, 0.15) is 11.6 Å².